The van der Waals surface area contributed by atoms with Gasteiger partial charge in [-0.25, -0.2) is 8.42 Å². The van der Waals surface area contributed by atoms with Gasteiger partial charge in [-0.3, -0.25) is 14.5 Å². The van der Waals surface area contributed by atoms with E-state index in [-0.39, 0.29) is 22.1 Å². The quantitative estimate of drug-likeness (QED) is 0.838. The first-order valence-corrected chi connectivity index (χ1v) is 9.98. The molecule has 1 aliphatic heterocycles. The summed E-state index contributed by atoms with van der Waals surface area (Å²) in [6, 6.07) is 7.80. The minimum Gasteiger partial charge on any atom is -0.492 e. The lowest BCUT2D eigenvalue weighted by molar-refractivity contribution is 0.0789. The molecule has 7 nitrogen and oxygen atoms in total. The molecule has 1 saturated heterocycles. The van der Waals surface area contributed by atoms with Gasteiger partial charge >= 0.3 is 0 Å². The van der Waals surface area contributed by atoms with E-state index in [9.17, 15) is 13.2 Å². The Labute approximate surface area is 153 Å². The number of rotatable bonds is 6. The lowest BCUT2D eigenvalue weighted by atomic mass is 10.2. The molecule has 1 aromatic heterocycles. The van der Waals surface area contributed by atoms with Gasteiger partial charge in [-0.05, 0) is 31.9 Å². The highest BCUT2D eigenvalue weighted by Gasteiger charge is 2.27. The number of nitrogens with one attached hydrogen (secondary N) is 1. The summed E-state index contributed by atoms with van der Waals surface area (Å²) in [6.45, 7) is 3.59. The number of carbonyl (C=O) groups excluding carboxylic acids is 1. The molecule has 1 aromatic carbocycles. The summed E-state index contributed by atoms with van der Waals surface area (Å²) in [5.41, 5.74) is 0.454. The van der Waals surface area contributed by atoms with Crippen LogP contribution in [0.15, 0.2) is 47.6 Å². The number of amides is 1. The second kappa shape index (κ2) is 7.74. The predicted molar refractivity (Wildman–Crippen MR) is 97.8 cm³/mol. The van der Waals surface area contributed by atoms with Crippen molar-refractivity contribution in [1.29, 1.82) is 0 Å². The van der Waals surface area contributed by atoms with Crippen molar-refractivity contribution in [2.75, 3.05) is 24.4 Å². The second-order valence-electron chi connectivity index (χ2n) is 5.94. The molecule has 0 aliphatic carbocycles. The molecule has 26 heavy (non-hydrogen) atoms. The van der Waals surface area contributed by atoms with E-state index < -0.39 is 10.0 Å². The molecule has 8 heteroatoms. The van der Waals surface area contributed by atoms with Crippen LogP contribution in [0, 0.1) is 0 Å². The lowest BCUT2D eigenvalue weighted by Crippen LogP contribution is -2.29. The maximum absolute atomic E-state index is 12.9. The standard InChI is InChI=1S/C18H21N3O4S/c1-2-25-15-11-14(12-19-13-15)20-26(23,24)17-8-4-3-7-16(17)18(22)21-9-5-6-10-21/h3-4,7-8,11-13,20H,2,5-6,9-10H2,1H3. The fourth-order valence-corrected chi connectivity index (χ4v) is 4.13. The number of hydrogen-bond donors (Lipinski definition) is 1. The molecule has 3 rings (SSSR count). The van der Waals surface area contributed by atoms with Crippen molar-refractivity contribution in [3.8, 4) is 5.75 Å². The third-order valence-corrected chi connectivity index (χ3v) is 5.52. The van der Waals surface area contributed by atoms with Crippen LogP contribution < -0.4 is 9.46 Å². The summed E-state index contributed by atoms with van der Waals surface area (Å²) in [6.07, 6.45) is 4.78. The highest BCUT2D eigenvalue weighted by atomic mass is 32.2. The van der Waals surface area contributed by atoms with Crippen LogP contribution in [0.3, 0.4) is 0 Å². The smallest absolute Gasteiger partial charge is 0.262 e. The number of hydrogen-bond acceptors (Lipinski definition) is 5. The largest absolute Gasteiger partial charge is 0.492 e. The summed E-state index contributed by atoms with van der Waals surface area (Å²) >= 11 is 0. The van der Waals surface area contributed by atoms with Crippen LogP contribution >= 0.6 is 0 Å². The van der Waals surface area contributed by atoms with Crippen molar-refractivity contribution in [3.05, 3.63) is 48.3 Å². The van der Waals surface area contributed by atoms with Gasteiger partial charge in [0.05, 0.1) is 30.3 Å². The molecule has 0 bridgehead atoms. The average molecular weight is 375 g/mol. The second-order valence-corrected chi connectivity index (χ2v) is 7.59. The number of benzene rings is 1. The van der Waals surface area contributed by atoms with Crippen LogP contribution in [0.5, 0.6) is 5.75 Å². The Morgan fingerprint density at radius 3 is 2.69 bits per heavy atom. The van der Waals surface area contributed by atoms with E-state index >= 15 is 0 Å². The molecule has 2 heterocycles. The Bertz CT molecular complexity index is 893. The number of nitrogens with zero attached hydrogens (tertiary/aromatic N) is 2. The molecule has 0 saturated carbocycles. The van der Waals surface area contributed by atoms with Crippen molar-refractivity contribution < 1.29 is 17.9 Å². The highest BCUT2D eigenvalue weighted by molar-refractivity contribution is 7.92. The van der Waals surface area contributed by atoms with Gasteiger partial charge in [0.2, 0.25) is 0 Å². The van der Waals surface area contributed by atoms with Crippen LogP contribution in [0.25, 0.3) is 0 Å². The van der Waals surface area contributed by atoms with Crippen LogP contribution in [0.4, 0.5) is 5.69 Å². The van der Waals surface area contributed by atoms with E-state index in [2.05, 4.69) is 9.71 Å². The molecule has 1 fully saturated rings. The number of aromatic nitrogens is 1. The minimum absolute atomic E-state index is 0.0429. The first kappa shape index (κ1) is 18.2. The van der Waals surface area contributed by atoms with E-state index in [4.69, 9.17) is 4.74 Å². The van der Waals surface area contributed by atoms with E-state index in [1.165, 1.54) is 18.5 Å². The lowest BCUT2D eigenvalue weighted by Gasteiger charge is -2.18. The zero-order valence-corrected chi connectivity index (χ0v) is 15.3. The third-order valence-electron chi connectivity index (χ3n) is 4.08. The Morgan fingerprint density at radius 1 is 1.23 bits per heavy atom. The fourth-order valence-electron chi connectivity index (χ4n) is 2.90. The summed E-state index contributed by atoms with van der Waals surface area (Å²) < 4.78 is 33.5. The normalized spacial score (nSPS) is 14.3. The topological polar surface area (TPSA) is 88.6 Å². The third kappa shape index (κ3) is 3.96. The van der Waals surface area contributed by atoms with Crippen molar-refractivity contribution >= 4 is 21.6 Å². The zero-order chi connectivity index (χ0) is 18.6. The van der Waals surface area contributed by atoms with E-state index in [1.54, 1.807) is 29.2 Å². The maximum atomic E-state index is 12.9. The van der Waals surface area contributed by atoms with Crippen molar-refractivity contribution in [2.24, 2.45) is 0 Å². The Kier molecular flexibility index (Phi) is 5.41. The highest BCUT2D eigenvalue weighted by Crippen LogP contribution is 2.24. The first-order chi connectivity index (χ1) is 12.5. The molecule has 2 aromatic rings. The molecule has 0 atom stereocenters. The molecular formula is C18H21N3O4S. The van der Waals surface area contributed by atoms with Gasteiger partial charge in [0.15, 0.2) is 0 Å². The van der Waals surface area contributed by atoms with Gasteiger partial charge < -0.3 is 9.64 Å². The monoisotopic (exact) mass is 375 g/mol. The Hall–Kier alpha value is -2.61. The van der Waals surface area contributed by atoms with E-state index in [0.717, 1.165) is 12.8 Å². The van der Waals surface area contributed by atoms with Crippen LogP contribution in [-0.4, -0.2) is 43.9 Å². The Balaban J connectivity index is 1.90. The molecule has 1 amide bonds. The van der Waals surface area contributed by atoms with Gasteiger partial charge in [0, 0.05) is 19.2 Å². The van der Waals surface area contributed by atoms with Gasteiger partial charge in [0.25, 0.3) is 15.9 Å². The molecule has 138 valence electrons. The minimum atomic E-state index is -3.94. The summed E-state index contributed by atoms with van der Waals surface area (Å²) in [5, 5.41) is 0. The number of pyridine rings is 1. The number of ether oxygens (including phenoxy) is 1. The molecule has 0 unspecified atom stereocenters. The molecule has 0 radical (unpaired) electrons. The number of carbonyl (C=O) groups is 1. The predicted octanol–water partition coefficient (Wildman–Crippen LogP) is 2.52. The summed E-state index contributed by atoms with van der Waals surface area (Å²) in [4.78, 5) is 18.3. The molecule has 0 spiro atoms. The molecule has 1 N–H and O–H groups in total. The SMILES string of the molecule is CCOc1cncc(NS(=O)(=O)c2ccccc2C(=O)N2CCCC2)c1. The van der Waals surface area contributed by atoms with Crippen molar-refractivity contribution in [2.45, 2.75) is 24.7 Å². The summed E-state index contributed by atoms with van der Waals surface area (Å²) in [7, 11) is -3.94. The van der Waals surface area contributed by atoms with Crippen molar-refractivity contribution in [1.82, 2.24) is 9.88 Å². The maximum Gasteiger partial charge on any atom is 0.262 e. The van der Waals surface area contributed by atoms with Crippen LogP contribution in [0.2, 0.25) is 0 Å². The van der Waals surface area contributed by atoms with Crippen LogP contribution in [0.1, 0.15) is 30.1 Å². The number of likely N-dealkylation sites (tertiary alicyclic amines) is 1. The van der Waals surface area contributed by atoms with E-state index in [0.29, 0.717) is 25.4 Å². The van der Waals surface area contributed by atoms with Gasteiger partial charge in [-0.15, -0.1) is 0 Å². The van der Waals surface area contributed by atoms with Gasteiger partial charge in [-0.2, -0.15) is 0 Å². The average Bonchev–Trinajstić information content (AvgIpc) is 3.16. The van der Waals surface area contributed by atoms with Gasteiger partial charge in [-0.1, -0.05) is 12.1 Å². The number of anilines is 1. The van der Waals surface area contributed by atoms with Crippen LogP contribution in [-0.2, 0) is 10.0 Å². The molecular weight excluding hydrogens is 354 g/mol. The van der Waals surface area contributed by atoms with Gasteiger partial charge in [0.1, 0.15) is 10.6 Å². The van der Waals surface area contributed by atoms with E-state index in [1.807, 2.05) is 6.92 Å². The van der Waals surface area contributed by atoms with Crippen molar-refractivity contribution in [3.63, 3.8) is 0 Å². The number of sulfonamides is 1. The first-order valence-electron chi connectivity index (χ1n) is 8.50. The zero-order valence-electron chi connectivity index (χ0n) is 14.5. The Morgan fingerprint density at radius 2 is 1.96 bits per heavy atom. The fraction of sp³-hybridized carbons (Fsp3) is 0.333. The molecule has 1 aliphatic rings. The summed E-state index contributed by atoms with van der Waals surface area (Å²) in [5.74, 6) is 0.207.